The van der Waals surface area contributed by atoms with Crippen LogP contribution in [0.1, 0.15) is 27.2 Å². The minimum atomic E-state index is -0.0417. The van der Waals surface area contributed by atoms with Gasteiger partial charge in [-0.05, 0) is 5.41 Å². The van der Waals surface area contributed by atoms with E-state index in [1.807, 2.05) is 0 Å². The summed E-state index contributed by atoms with van der Waals surface area (Å²) >= 11 is 0. The van der Waals surface area contributed by atoms with Crippen molar-refractivity contribution in [3.8, 4) is 0 Å². The van der Waals surface area contributed by atoms with E-state index in [4.69, 9.17) is 4.74 Å². The minimum absolute atomic E-state index is 0.0417. The van der Waals surface area contributed by atoms with E-state index in [0.717, 1.165) is 0 Å². The predicted molar refractivity (Wildman–Crippen MR) is 38.5 cm³/mol. The molecule has 1 rings (SSSR count). The first kappa shape index (κ1) is 7.58. The summed E-state index contributed by atoms with van der Waals surface area (Å²) in [6, 6.07) is 0. The van der Waals surface area contributed by atoms with Gasteiger partial charge < -0.3 is 4.74 Å². The van der Waals surface area contributed by atoms with Crippen molar-refractivity contribution in [1.29, 1.82) is 0 Å². The monoisotopic (exact) mass is 142 g/mol. The summed E-state index contributed by atoms with van der Waals surface area (Å²) in [4.78, 5) is 10.7. The molecule has 0 amide bonds. The molecule has 0 bridgehead atoms. The molecule has 0 unspecified atom stereocenters. The molecule has 1 aliphatic heterocycles. The molecule has 2 nitrogen and oxygen atoms in total. The van der Waals surface area contributed by atoms with E-state index >= 15 is 0 Å². The first-order valence-electron chi connectivity index (χ1n) is 3.66. The first-order valence-corrected chi connectivity index (χ1v) is 3.66. The number of carbonyl (C=O) groups is 1. The topological polar surface area (TPSA) is 26.3 Å². The Morgan fingerprint density at radius 1 is 1.50 bits per heavy atom. The maximum absolute atomic E-state index is 10.7. The molecule has 0 saturated carbocycles. The second kappa shape index (κ2) is 2.26. The Morgan fingerprint density at radius 2 is 2.10 bits per heavy atom. The number of ether oxygens (including phenoxy) is 1. The summed E-state index contributed by atoms with van der Waals surface area (Å²) in [6.45, 7) is 7.03. The van der Waals surface area contributed by atoms with E-state index in [1.54, 1.807) is 0 Å². The lowest BCUT2D eigenvalue weighted by Crippen LogP contribution is -2.20. The molecule has 0 aliphatic carbocycles. The van der Waals surface area contributed by atoms with Crippen LogP contribution in [0.2, 0.25) is 0 Å². The standard InChI is InChI=1S/C8H14O2/c1-8(2,3)6-4-7(9)10-5-6/h6H,4-5H2,1-3H3/t6-/m0/s1. The molecule has 1 fully saturated rings. The zero-order valence-electron chi connectivity index (χ0n) is 6.81. The Kier molecular flexibility index (Phi) is 1.71. The van der Waals surface area contributed by atoms with E-state index in [0.29, 0.717) is 18.9 Å². The molecule has 1 heterocycles. The molecule has 1 aliphatic rings. The maximum atomic E-state index is 10.7. The lowest BCUT2D eigenvalue weighted by atomic mass is 9.80. The SMILES string of the molecule is CC(C)(C)[C@@H]1COC(=O)C1. The van der Waals surface area contributed by atoms with Crippen LogP contribution in [0.3, 0.4) is 0 Å². The number of cyclic esters (lactones) is 1. The van der Waals surface area contributed by atoms with Crippen LogP contribution < -0.4 is 0 Å². The van der Waals surface area contributed by atoms with Crippen molar-refractivity contribution < 1.29 is 9.53 Å². The van der Waals surface area contributed by atoms with E-state index < -0.39 is 0 Å². The average molecular weight is 142 g/mol. The molecule has 10 heavy (non-hydrogen) atoms. The first-order chi connectivity index (χ1) is 4.50. The van der Waals surface area contributed by atoms with Crippen LogP contribution in [0.4, 0.5) is 0 Å². The average Bonchev–Trinajstić information content (AvgIpc) is 2.11. The van der Waals surface area contributed by atoms with Gasteiger partial charge in [0.15, 0.2) is 0 Å². The third kappa shape index (κ3) is 1.49. The number of carbonyl (C=O) groups excluding carboxylic acids is 1. The van der Waals surface area contributed by atoms with E-state index in [9.17, 15) is 4.79 Å². The molecule has 2 heteroatoms. The third-order valence-electron chi connectivity index (χ3n) is 2.08. The Labute approximate surface area is 61.6 Å². The Balaban J connectivity index is 2.53. The second-order valence-corrected chi connectivity index (χ2v) is 3.95. The number of rotatable bonds is 0. The van der Waals surface area contributed by atoms with Gasteiger partial charge in [0.05, 0.1) is 13.0 Å². The summed E-state index contributed by atoms with van der Waals surface area (Å²) < 4.78 is 4.85. The number of hydrogen-bond donors (Lipinski definition) is 0. The molecule has 0 aromatic heterocycles. The minimum Gasteiger partial charge on any atom is -0.465 e. The quantitative estimate of drug-likeness (QED) is 0.480. The Bertz CT molecular complexity index is 144. The molecular weight excluding hydrogens is 128 g/mol. The summed E-state index contributed by atoms with van der Waals surface area (Å²) in [7, 11) is 0. The summed E-state index contributed by atoms with van der Waals surface area (Å²) in [6.07, 6.45) is 0.601. The van der Waals surface area contributed by atoms with Crippen LogP contribution in [-0.2, 0) is 9.53 Å². The van der Waals surface area contributed by atoms with Crippen LogP contribution in [-0.4, -0.2) is 12.6 Å². The van der Waals surface area contributed by atoms with Crippen LogP contribution >= 0.6 is 0 Å². The van der Waals surface area contributed by atoms with E-state index in [1.165, 1.54) is 0 Å². The van der Waals surface area contributed by atoms with Crippen molar-refractivity contribution >= 4 is 5.97 Å². The molecule has 0 aromatic carbocycles. The molecule has 58 valence electrons. The van der Waals surface area contributed by atoms with Crippen molar-refractivity contribution in [3.63, 3.8) is 0 Å². The fourth-order valence-corrected chi connectivity index (χ4v) is 1.07. The molecule has 1 atom stereocenters. The number of esters is 1. The highest BCUT2D eigenvalue weighted by Gasteiger charge is 2.33. The van der Waals surface area contributed by atoms with Crippen LogP contribution in [0.25, 0.3) is 0 Å². The largest absolute Gasteiger partial charge is 0.465 e. The molecule has 0 aromatic rings. The van der Waals surface area contributed by atoms with Crippen molar-refractivity contribution in [2.75, 3.05) is 6.61 Å². The van der Waals surface area contributed by atoms with Crippen LogP contribution in [0.5, 0.6) is 0 Å². The Morgan fingerprint density at radius 3 is 2.30 bits per heavy atom. The smallest absolute Gasteiger partial charge is 0.306 e. The van der Waals surface area contributed by atoms with Gasteiger partial charge in [-0.15, -0.1) is 0 Å². The van der Waals surface area contributed by atoms with Gasteiger partial charge in [-0.1, -0.05) is 20.8 Å². The highest BCUT2D eigenvalue weighted by Crippen LogP contribution is 2.32. The Hall–Kier alpha value is -0.530. The predicted octanol–water partition coefficient (Wildman–Crippen LogP) is 1.60. The lowest BCUT2D eigenvalue weighted by molar-refractivity contribution is -0.137. The molecule has 0 spiro atoms. The van der Waals surface area contributed by atoms with Crippen molar-refractivity contribution in [3.05, 3.63) is 0 Å². The molecule has 0 radical (unpaired) electrons. The number of hydrogen-bond acceptors (Lipinski definition) is 2. The van der Waals surface area contributed by atoms with E-state index in [-0.39, 0.29) is 11.4 Å². The fraction of sp³-hybridized carbons (Fsp3) is 0.875. The zero-order valence-corrected chi connectivity index (χ0v) is 6.81. The summed E-state index contributed by atoms with van der Waals surface area (Å²) in [5, 5.41) is 0. The van der Waals surface area contributed by atoms with Crippen LogP contribution in [0, 0.1) is 11.3 Å². The van der Waals surface area contributed by atoms with Gasteiger partial charge in [0, 0.05) is 5.92 Å². The maximum Gasteiger partial charge on any atom is 0.306 e. The van der Waals surface area contributed by atoms with Gasteiger partial charge in [-0.2, -0.15) is 0 Å². The molecule has 1 saturated heterocycles. The van der Waals surface area contributed by atoms with Gasteiger partial charge in [0.2, 0.25) is 0 Å². The third-order valence-corrected chi connectivity index (χ3v) is 2.08. The zero-order chi connectivity index (χ0) is 7.78. The van der Waals surface area contributed by atoms with Gasteiger partial charge in [0.1, 0.15) is 0 Å². The molecular formula is C8H14O2. The fourth-order valence-electron chi connectivity index (χ4n) is 1.07. The second-order valence-electron chi connectivity index (χ2n) is 3.95. The molecule has 0 N–H and O–H groups in total. The van der Waals surface area contributed by atoms with E-state index in [2.05, 4.69) is 20.8 Å². The highest BCUT2D eigenvalue weighted by molar-refractivity contribution is 5.71. The van der Waals surface area contributed by atoms with Gasteiger partial charge in [0.25, 0.3) is 0 Å². The summed E-state index contributed by atoms with van der Waals surface area (Å²) in [5.41, 5.74) is 0.214. The lowest BCUT2D eigenvalue weighted by Gasteiger charge is -2.23. The van der Waals surface area contributed by atoms with Gasteiger partial charge in [-0.3, -0.25) is 4.79 Å². The van der Waals surface area contributed by atoms with Gasteiger partial charge in [-0.25, -0.2) is 0 Å². The van der Waals surface area contributed by atoms with Gasteiger partial charge >= 0.3 is 5.97 Å². The van der Waals surface area contributed by atoms with Crippen molar-refractivity contribution in [1.82, 2.24) is 0 Å². The normalized spacial score (nSPS) is 26.7. The van der Waals surface area contributed by atoms with Crippen LogP contribution in [0.15, 0.2) is 0 Å². The van der Waals surface area contributed by atoms with Crippen molar-refractivity contribution in [2.45, 2.75) is 27.2 Å². The highest BCUT2D eigenvalue weighted by atomic mass is 16.5. The van der Waals surface area contributed by atoms with Crippen molar-refractivity contribution in [2.24, 2.45) is 11.3 Å². The summed E-state index contributed by atoms with van der Waals surface area (Å²) in [5.74, 6) is 0.375.